The Labute approximate surface area is 199 Å². The molecule has 3 rings (SSSR count). The molecular formula is C25H30ClN3O4. The molecule has 176 valence electrons. The molecule has 0 radical (unpaired) electrons. The van der Waals surface area contributed by atoms with Crippen molar-refractivity contribution in [2.75, 3.05) is 26.2 Å². The van der Waals surface area contributed by atoms with Gasteiger partial charge in [-0.25, -0.2) is 0 Å². The summed E-state index contributed by atoms with van der Waals surface area (Å²) < 4.78 is 5.49. The van der Waals surface area contributed by atoms with Gasteiger partial charge in [-0.3, -0.25) is 14.4 Å². The fourth-order valence-electron chi connectivity index (χ4n) is 3.84. The number of benzene rings is 2. The van der Waals surface area contributed by atoms with E-state index in [9.17, 15) is 14.4 Å². The maximum atomic E-state index is 13.2. The van der Waals surface area contributed by atoms with E-state index in [0.29, 0.717) is 36.0 Å². The van der Waals surface area contributed by atoms with Crippen LogP contribution in [0.3, 0.4) is 0 Å². The molecule has 2 unspecified atom stereocenters. The number of piperazine rings is 1. The van der Waals surface area contributed by atoms with Crippen molar-refractivity contribution < 1.29 is 19.1 Å². The first kappa shape index (κ1) is 24.6. The molecule has 1 N–H and O–H groups in total. The van der Waals surface area contributed by atoms with Crippen LogP contribution in [0.1, 0.15) is 31.1 Å². The molecule has 0 spiro atoms. The molecule has 1 saturated heterocycles. The molecule has 2 aromatic rings. The maximum absolute atomic E-state index is 13.2. The minimum absolute atomic E-state index is 0.101. The Bertz CT molecular complexity index is 983. The average Bonchev–Trinajstić information content (AvgIpc) is 2.81. The predicted octanol–water partition coefficient (Wildman–Crippen LogP) is 3.23. The van der Waals surface area contributed by atoms with Crippen molar-refractivity contribution in [2.45, 2.75) is 32.9 Å². The number of carbonyl (C=O) groups excluding carboxylic acids is 3. The average molecular weight is 472 g/mol. The topological polar surface area (TPSA) is 79.0 Å². The summed E-state index contributed by atoms with van der Waals surface area (Å²) in [7, 11) is 0. The number of nitrogens with one attached hydrogen (secondary N) is 1. The Hall–Kier alpha value is -3.06. The Morgan fingerprint density at radius 2 is 1.73 bits per heavy atom. The third-order valence-corrected chi connectivity index (χ3v) is 6.00. The highest BCUT2D eigenvalue weighted by Gasteiger charge is 2.35. The van der Waals surface area contributed by atoms with E-state index in [1.165, 1.54) is 0 Å². The number of carbonyl (C=O) groups is 3. The molecule has 1 aliphatic heterocycles. The number of rotatable bonds is 7. The molecule has 1 aliphatic rings. The fourth-order valence-corrected chi connectivity index (χ4v) is 4.06. The summed E-state index contributed by atoms with van der Waals surface area (Å²) >= 11 is 6.19. The molecule has 0 aromatic heterocycles. The van der Waals surface area contributed by atoms with Crippen molar-refractivity contribution in [3.63, 3.8) is 0 Å². The first-order valence-corrected chi connectivity index (χ1v) is 11.5. The van der Waals surface area contributed by atoms with Crippen molar-refractivity contribution in [1.29, 1.82) is 0 Å². The van der Waals surface area contributed by atoms with Crippen molar-refractivity contribution in [3.05, 3.63) is 65.2 Å². The van der Waals surface area contributed by atoms with Crippen molar-refractivity contribution in [1.82, 2.24) is 15.1 Å². The zero-order valence-corrected chi connectivity index (χ0v) is 19.9. The lowest BCUT2D eigenvalue weighted by Gasteiger charge is -2.41. The van der Waals surface area contributed by atoms with Crippen LogP contribution in [0.5, 0.6) is 5.75 Å². The van der Waals surface area contributed by atoms with Gasteiger partial charge in [0.2, 0.25) is 5.91 Å². The van der Waals surface area contributed by atoms with Crippen LogP contribution < -0.4 is 10.1 Å². The second kappa shape index (κ2) is 11.2. The number of para-hydroxylation sites is 1. The molecule has 33 heavy (non-hydrogen) atoms. The fraction of sp³-hybridized carbons (Fsp3) is 0.400. The maximum Gasteiger partial charge on any atom is 0.258 e. The predicted molar refractivity (Wildman–Crippen MR) is 127 cm³/mol. The number of nitrogens with zero attached hydrogens (tertiary/aromatic N) is 2. The van der Waals surface area contributed by atoms with E-state index in [1.54, 1.807) is 46.2 Å². The lowest BCUT2D eigenvalue weighted by Crippen LogP contribution is -2.60. The second-order valence-corrected chi connectivity index (χ2v) is 8.91. The highest BCUT2D eigenvalue weighted by molar-refractivity contribution is 6.33. The number of hydrogen-bond donors (Lipinski definition) is 1. The Kier molecular flexibility index (Phi) is 8.33. The Morgan fingerprint density at radius 1 is 1.06 bits per heavy atom. The van der Waals surface area contributed by atoms with Gasteiger partial charge in [0.25, 0.3) is 11.8 Å². The van der Waals surface area contributed by atoms with Crippen molar-refractivity contribution in [3.8, 4) is 5.75 Å². The third kappa shape index (κ3) is 6.26. The molecule has 1 heterocycles. The van der Waals surface area contributed by atoms with Gasteiger partial charge in [0, 0.05) is 25.7 Å². The van der Waals surface area contributed by atoms with Crippen LogP contribution in [-0.4, -0.2) is 65.8 Å². The van der Waals surface area contributed by atoms with Gasteiger partial charge in [0.1, 0.15) is 11.8 Å². The number of amides is 3. The molecule has 2 aromatic carbocycles. The van der Waals surface area contributed by atoms with Crippen molar-refractivity contribution in [2.24, 2.45) is 5.92 Å². The smallest absolute Gasteiger partial charge is 0.258 e. The van der Waals surface area contributed by atoms with E-state index in [1.807, 2.05) is 39.0 Å². The highest BCUT2D eigenvalue weighted by atomic mass is 35.5. The van der Waals surface area contributed by atoms with Crippen LogP contribution in [0.25, 0.3) is 0 Å². The van der Waals surface area contributed by atoms with Gasteiger partial charge < -0.3 is 19.9 Å². The van der Waals surface area contributed by atoms with E-state index in [2.05, 4.69) is 5.32 Å². The minimum atomic E-state index is -0.671. The molecule has 0 bridgehead atoms. The van der Waals surface area contributed by atoms with Crippen LogP contribution in [0, 0.1) is 5.92 Å². The van der Waals surface area contributed by atoms with Crippen LogP contribution in [0.15, 0.2) is 54.6 Å². The minimum Gasteiger partial charge on any atom is -0.484 e. The quantitative estimate of drug-likeness (QED) is 0.672. The van der Waals surface area contributed by atoms with Crippen LogP contribution >= 0.6 is 11.6 Å². The van der Waals surface area contributed by atoms with Gasteiger partial charge in [0.15, 0.2) is 6.61 Å². The Morgan fingerprint density at radius 3 is 2.36 bits per heavy atom. The van der Waals surface area contributed by atoms with Gasteiger partial charge in [-0.2, -0.15) is 0 Å². The lowest BCUT2D eigenvalue weighted by molar-refractivity contribution is -0.140. The number of halogens is 1. The van der Waals surface area contributed by atoms with Crippen molar-refractivity contribution >= 4 is 29.3 Å². The van der Waals surface area contributed by atoms with E-state index < -0.39 is 6.04 Å². The van der Waals surface area contributed by atoms with E-state index in [-0.39, 0.29) is 36.3 Å². The summed E-state index contributed by atoms with van der Waals surface area (Å²) in [5, 5.41) is 3.22. The zero-order chi connectivity index (χ0) is 24.0. The molecule has 0 saturated carbocycles. The largest absolute Gasteiger partial charge is 0.484 e. The third-order valence-electron chi connectivity index (χ3n) is 5.67. The standard InChI is InChI=1S/C25H30ClN3O4/c1-17(2)23(27-22(30)16-33-19-9-5-4-6-10-19)25(32)28-13-14-29(18(3)15-28)24(31)20-11-7-8-12-21(20)26/h4-12,17-18,23H,13-16H2,1-3H3,(H,27,30). The molecule has 8 heteroatoms. The summed E-state index contributed by atoms with van der Waals surface area (Å²) in [5.41, 5.74) is 0.455. The summed E-state index contributed by atoms with van der Waals surface area (Å²) in [5.74, 6) is -0.169. The van der Waals surface area contributed by atoms with Gasteiger partial charge in [-0.15, -0.1) is 0 Å². The van der Waals surface area contributed by atoms with E-state index in [4.69, 9.17) is 16.3 Å². The summed E-state index contributed by atoms with van der Waals surface area (Å²) in [4.78, 5) is 42.1. The van der Waals surface area contributed by atoms with Crippen LogP contribution in [0.2, 0.25) is 5.02 Å². The molecule has 1 fully saturated rings. The van der Waals surface area contributed by atoms with Gasteiger partial charge in [-0.05, 0) is 37.1 Å². The number of hydrogen-bond acceptors (Lipinski definition) is 4. The van der Waals surface area contributed by atoms with Gasteiger partial charge in [0.05, 0.1) is 10.6 Å². The zero-order valence-electron chi connectivity index (χ0n) is 19.2. The Balaban J connectivity index is 1.59. The van der Waals surface area contributed by atoms with E-state index >= 15 is 0 Å². The molecule has 3 amide bonds. The normalized spacial score (nSPS) is 16.9. The van der Waals surface area contributed by atoms with Gasteiger partial charge >= 0.3 is 0 Å². The second-order valence-electron chi connectivity index (χ2n) is 8.50. The van der Waals surface area contributed by atoms with Crippen LogP contribution in [0.4, 0.5) is 0 Å². The number of ether oxygens (including phenoxy) is 1. The SMILES string of the molecule is CC(C)C(NC(=O)COc1ccccc1)C(=O)N1CCN(C(=O)c2ccccc2Cl)C(C)C1. The van der Waals surface area contributed by atoms with E-state index in [0.717, 1.165) is 0 Å². The lowest BCUT2D eigenvalue weighted by atomic mass is 10.0. The molecule has 0 aliphatic carbocycles. The first-order valence-electron chi connectivity index (χ1n) is 11.1. The molecule has 2 atom stereocenters. The molecule has 7 nitrogen and oxygen atoms in total. The molecular weight excluding hydrogens is 442 g/mol. The summed E-state index contributed by atoms with van der Waals surface area (Å²) in [6.07, 6.45) is 0. The highest BCUT2D eigenvalue weighted by Crippen LogP contribution is 2.21. The first-order chi connectivity index (χ1) is 15.8. The van der Waals surface area contributed by atoms with Crippen LogP contribution in [-0.2, 0) is 9.59 Å². The summed E-state index contributed by atoms with van der Waals surface area (Å²) in [6.45, 7) is 6.69. The summed E-state index contributed by atoms with van der Waals surface area (Å²) in [6, 6.07) is 15.1. The van der Waals surface area contributed by atoms with Gasteiger partial charge in [-0.1, -0.05) is 55.8 Å². The monoisotopic (exact) mass is 471 g/mol.